The number of benzene rings is 2. The van der Waals surface area contributed by atoms with Crippen LogP contribution in [0.2, 0.25) is 5.02 Å². The SMILES string of the molecule is C=CCn1c(SCCOc2ccccc2Cl)nnc1-c1ccccc1OCC. The van der Waals surface area contributed by atoms with Crippen LogP contribution in [0.1, 0.15) is 6.92 Å². The van der Waals surface area contributed by atoms with Crippen LogP contribution in [0, 0.1) is 0 Å². The van der Waals surface area contributed by atoms with E-state index in [-0.39, 0.29) is 0 Å². The molecule has 5 nitrogen and oxygen atoms in total. The number of aromatic nitrogens is 3. The van der Waals surface area contributed by atoms with Crippen molar-refractivity contribution in [3.05, 3.63) is 66.2 Å². The summed E-state index contributed by atoms with van der Waals surface area (Å²) in [4.78, 5) is 0. The van der Waals surface area contributed by atoms with Crippen molar-refractivity contribution in [1.29, 1.82) is 0 Å². The average Bonchev–Trinajstić information content (AvgIpc) is 3.10. The minimum absolute atomic E-state index is 0.514. The van der Waals surface area contributed by atoms with Gasteiger partial charge in [-0.2, -0.15) is 0 Å². The van der Waals surface area contributed by atoms with E-state index in [0.29, 0.717) is 36.3 Å². The molecule has 3 rings (SSSR count). The van der Waals surface area contributed by atoms with E-state index in [1.807, 2.05) is 66.1 Å². The second kappa shape index (κ2) is 10.2. The van der Waals surface area contributed by atoms with Crippen LogP contribution < -0.4 is 9.47 Å². The van der Waals surface area contributed by atoms with E-state index in [4.69, 9.17) is 21.1 Å². The summed E-state index contributed by atoms with van der Waals surface area (Å²) in [5, 5.41) is 10.2. The minimum Gasteiger partial charge on any atom is -0.493 e. The number of ether oxygens (including phenoxy) is 2. The van der Waals surface area contributed by atoms with Gasteiger partial charge in [0.2, 0.25) is 0 Å². The summed E-state index contributed by atoms with van der Waals surface area (Å²) in [5.41, 5.74) is 0.915. The van der Waals surface area contributed by atoms with Crippen molar-refractivity contribution in [2.24, 2.45) is 0 Å². The maximum atomic E-state index is 6.12. The molecule has 0 amide bonds. The molecule has 0 aliphatic carbocycles. The van der Waals surface area contributed by atoms with E-state index in [1.54, 1.807) is 11.8 Å². The quantitative estimate of drug-likeness (QED) is 0.253. The number of hydrogen-bond donors (Lipinski definition) is 0. The van der Waals surface area contributed by atoms with Gasteiger partial charge in [-0.3, -0.25) is 4.57 Å². The largest absolute Gasteiger partial charge is 0.493 e. The standard InChI is InChI=1S/C21H22ClN3O2S/c1-3-13-25-20(16-9-5-7-11-18(16)26-4-2)23-24-21(25)28-15-14-27-19-12-8-6-10-17(19)22/h3,5-12H,1,4,13-15H2,2H3. The first-order valence-electron chi connectivity index (χ1n) is 9.01. The molecule has 2 aromatic carbocycles. The summed E-state index contributed by atoms with van der Waals surface area (Å²) in [7, 11) is 0. The highest BCUT2D eigenvalue weighted by Crippen LogP contribution is 2.31. The van der Waals surface area contributed by atoms with Gasteiger partial charge in [0.15, 0.2) is 11.0 Å². The molecule has 0 N–H and O–H groups in total. The van der Waals surface area contributed by atoms with Gasteiger partial charge in [-0.1, -0.05) is 53.7 Å². The lowest BCUT2D eigenvalue weighted by molar-refractivity contribution is 0.341. The smallest absolute Gasteiger partial charge is 0.191 e. The van der Waals surface area contributed by atoms with Gasteiger partial charge in [0, 0.05) is 12.3 Å². The molecular formula is C21H22ClN3O2S. The Bertz CT molecular complexity index is 930. The van der Waals surface area contributed by atoms with Crippen molar-refractivity contribution < 1.29 is 9.47 Å². The monoisotopic (exact) mass is 415 g/mol. The zero-order valence-electron chi connectivity index (χ0n) is 15.7. The molecule has 0 saturated carbocycles. The zero-order chi connectivity index (χ0) is 19.8. The highest BCUT2D eigenvalue weighted by Gasteiger charge is 2.17. The Morgan fingerprint density at radius 1 is 1.07 bits per heavy atom. The summed E-state index contributed by atoms with van der Waals surface area (Å²) in [6.45, 7) is 7.54. The van der Waals surface area contributed by atoms with Crippen LogP contribution in [0.3, 0.4) is 0 Å². The van der Waals surface area contributed by atoms with E-state index in [2.05, 4.69) is 16.8 Å². The summed E-state index contributed by atoms with van der Waals surface area (Å²) in [6, 6.07) is 15.3. The summed E-state index contributed by atoms with van der Waals surface area (Å²) >= 11 is 7.70. The topological polar surface area (TPSA) is 49.2 Å². The predicted molar refractivity (Wildman–Crippen MR) is 114 cm³/mol. The zero-order valence-corrected chi connectivity index (χ0v) is 17.2. The predicted octanol–water partition coefficient (Wildman–Crippen LogP) is 5.35. The van der Waals surface area contributed by atoms with E-state index in [1.165, 1.54) is 0 Å². The van der Waals surface area contributed by atoms with Crippen molar-refractivity contribution in [3.63, 3.8) is 0 Å². The fourth-order valence-corrected chi connectivity index (χ4v) is 3.62. The number of para-hydroxylation sites is 2. The van der Waals surface area contributed by atoms with Gasteiger partial charge in [0.05, 0.1) is 23.8 Å². The van der Waals surface area contributed by atoms with Gasteiger partial charge in [0.1, 0.15) is 11.5 Å². The molecule has 0 atom stereocenters. The Kier molecular flexibility index (Phi) is 7.39. The van der Waals surface area contributed by atoms with Crippen LogP contribution in [-0.4, -0.2) is 33.7 Å². The third-order valence-electron chi connectivity index (χ3n) is 3.87. The van der Waals surface area contributed by atoms with Gasteiger partial charge < -0.3 is 9.47 Å². The number of rotatable bonds is 10. The first-order chi connectivity index (χ1) is 13.7. The first-order valence-corrected chi connectivity index (χ1v) is 10.4. The molecule has 0 saturated heterocycles. The summed E-state index contributed by atoms with van der Waals surface area (Å²) < 4.78 is 13.5. The van der Waals surface area contributed by atoms with Crippen LogP contribution in [0.4, 0.5) is 0 Å². The fraction of sp³-hybridized carbons (Fsp3) is 0.238. The normalized spacial score (nSPS) is 10.6. The lowest BCUT2D eigenvalue weighted by Crippen LogP contribution is -2.05. The molecule has 0 fully saturated rings. The highest BCUT2D eigenvalue weighted by molar-refractivity contribution is 7.99. The molecule has 0 aliphatic rings. The molecule has 7 heteroatoms. The Balaban J connectivity index is 1.72. The van der Waals surface area contributed by atoms with Crippen LogP contribution in [0.15, 0.2) is 66.3 Å². The summed E-state index contributed by atoms with van der Waals surface area (Å²) in [5.74, 6) is 2.96. The van der Waals surface area contributed by atoms with E-state index < -0.39 is 0 Å². The lowest BCUT2D eigenvalue weighted by Gasteiger charge is -2.12. The minimum atomic E-state index is 0.514. The third-order valence-corrected chi connectivity index (χ3v) is 5.11. The van der Waals surface area contributed by atoms with Crippen molar-refractivity contribution in [1.82, 2.24) is 14.8 Å². The van der Waals surface area contributed by atoms with E-state index in [9.17, 15) is 0 Å². The molecule has 0 unspecified atom stereocenters. The van der Waals surface area contributed by atoms with Gasteiger partial charge >= 0.3 is 0 Å². The average molecular weight is 416 g/mol. The Morgan fingerprint density at radius 2 is 1.82 bits per heavy atom. The Hall–Kier alpha value is -2.44. The van der Waals surface area contributed by atoms with Crippen molar-refractivity contribution in [3.8, 4) is 22.9 Å². The second-order valence-electron chi connectivity index (χ2n) is 5.76. The first kappa shape index (κ1) is 20.3. The molecule has 0 bridgehead atoms. The number of hydrogen-bond acceptors (Lipinski definition) is 5. The van der Waals surface area contributed by atoms with Crippen LogP contribution in [0.25, 0.3) is 11.4 Å². The number of halogens is 1. The van der Waals surface area contributed by atoms with Crippen molar-refractivity contribution in [2.45, 2.75) is 18.6 Å². The van der Waals surface area contributed by atoms with E-state index >= 15 is 0 Å². The van der Waals surface area contributed by atoms with Gasteiger partial charge in [-0.05, 0) is 31.2 Å². The molecular weight excluding hydrogens is 394 g/mol. The summed E-state index contributed by atoms with van der Waals surface area (Å²) in [6.07, 6.45) is 1.83. The highest BCUT2D eigenvalue weighted by atomic mass is 35.5. The molecule has 146 valence electrons. The Morgan fingerprint density at radius 3 is 2.57 bits per heavy atom. The molecule has 0 radical (unpaired) electrons. The molecule has 0 spiro atoms. The third kappa shape index (κ3) is 4.88. The molecule has 0 aliphatic heterocycles. The van der Waals surface area contributed by atoms with Crippen LogP contribution in [0.5, 0.6) is 11.5 Å². The molecule has 1 heterocycles. The second-order valence-corrected chi connectivity index (χ2v) is 7.23. The fourth-order valence-electron chi connectivity index (χ4n) is 2.67. The maximum Gasteiger partial charge on any atom is 0.191 e. The lowest BCUT2D eigenvalue weighted by atomic mass is 10.2. The van der Waals surface area contributed by atoms with Crippen molar-refractivity contribution in [2.75, 3.05) is 19.0 Å². The molecule has 3 aromatic rings. The van der Waals surface area contributed by atoms with Gasteiger partial charge in [0.25, 0.3) is 0 Å². The number of allylic oxidation sites excluding steroid dienone is 1. The van der Waals surface area contributed by atoms with Crippen molar-refractivity contribution >= 4 is 23.4 Å². The van der Waals surface area contributed by atoms with Crippen LogP contribution in [-0.2, 0) is 6.54 Å². The number of thioether (sulfide) groups is 1. The molecule has 28 heavy (non-hydrogen) atoms. The van der Waals surface area contributed by atoms with E-state index in [0.717, 1.165) is 22.3 Å². The van der Waals surface area contributed by atoms with Gasteiger partial charge in [-0.15, -0.1) is 16.8 Å². The maximum absolute atomic E-state index is 6.12. The molecule has 1 aromatic heterocycles. The number of nitrogens with zero attached hydrogens (tertiary/aromatic N) is 3. The Labute approximate surface area is 174 Å². The van der Waals surface area contributed by atoms with Gasteiger partial charge in [-0.25, -0.2) is 0 Å². The van der Waals surface area contributed by atoms with Crippen LogP contribution >= 0.6 is 23.4 Å².